The van der Waals surface area contributed by atoms with Crippen LogP contribution in [-0.4, -0.2) is 17.7 Å². The maximum atomic E-state index is 14.1. The fraction of sp³-hybridized carbons (Fsp3) is 0.118. The first-order valence-electron chi connectivity index (χ1n) is 7.33. The van der Waals surface area contributed by atoms with Gasteiger partial charge in [-0.15, -0.1) is 0 Å². The number of hydrogen-bond acceptors (Lipinski definition) is 4. The average Bonchev–Trinajstić information content (AvgIpc) is 3.08. The van der Waals surface area contributed by atoms with Gasteiger partial charge in [0.15, 0.2) is 0 Å². The number of rotatable bonds is 6. The van der Waals surface area contributed by atoms with Crippen molar-refractivity contribution < 1.29 is 17.2 Å². The van der Waals surface area contributed by atoms with Crippen LogP contribution in [0.15, 0.2) is 64.3 Å². The first-order chi connectivity index (χ1) is 12.0. The highest BCUT2D eigenvalue weighted by Gasteiger charge is 2.28. The summed E-state index contributed by atoms with van der Waals surface area (Å²) < 4.78 is 54.2. The van der Waals surface area contributed by atoms with Gasteiger partial charge < -0.3 is 0 Å². The van der Waals surface area contributed by atoms with Crippen molar-refractivity contribution in [2.45, 2.75) is 18.0 Å². The Bertz CT molecular complexity index is 946. The van der Waals surface area contributed by atoms with Crippen LogP contribution in [0, 0.1) is 11.6 Å². The summed E-state index contributed by atoms with van der Waals surface area (Å²) in [5, 5.41) is 3.65. The lowest BCUT2D eigenvalue weighted by Gasteiger charge is -2.22. The van der Waals surface area contributed by atoms with E-state index in [4.69, 9.17) is 0 Å². The topological polar surface area (TPSA) is 50.3 Å². The van der Waals surface area contributed by atoms with Gasteiger partial charge in [-0.25, -0.2) is 17.2 Å². The molecule has 0 radical (unpaired) electrons. The molecule has 0 unspecified atom stereocenters. The van der Waals surface area contributed by atoms with Crippen LogP contribution >= 0.6 is 11.3 Å². The maximum absolute atomic E-state index is 14.1. The van der Waals surface area contributed by atoms with E-state index in [0.717, 1.165) is 22.0 Å². The Balaban J connectivity index is 1.99. The Morgan fingerprint density at radius 1 is 1.08 bits per heavy atom. The molecule has 2 heterocycles. The zero-order valence-corrected chi connectivity index (χ0v) is 14.6. The van der Waals surface area contributed by atoms with Gasteiger partial charge in [0.25, 0.3) is 0 Å². The molecule has 0 aliphatic heterocycles. The Kier molecular flexibility index (Phi) is 5.22. The molecule has 0 N–H and O–H groups in total. The summed E-state index contributed by atoms with van der Waals surface area (Å²) in [5.41, 5.74) is 1.32. The molecule has 0 amide bonds. The molecule has 0 saturated carbocycles. The number of pyridine rings is 1. The van der Waals surface area contributed by atoms with Gasteiger partial charge in [0, 0.05) is 18.8 Å². The molecular weight excluding hydrogens is 366 g/mol. The molecule has 0 spiro atoms. The number of halogens is 2. The van der Waals surface area contributed by atoms with Crippen LogP contribution in [0.4, 0.5) is 8.78 Å². The number of aromatic nitrogens is 1. The molecule has 0 bridgehead atoms. The van der Waals surface area contributed by atoms with E-state index in [1.54, 1.807) is 30.5 Å². The van der Waals surface area contributed by atoms with Crippen LogP contribution in [-0.2, 0) is 23.1 Å². The zero-order chi connectivity index (χ0) is 17.9. The Morgan fingerprint density at radius 2 is 1.92 bits per heavy atom. The highest BCUT2D eigenvalue weighted by molar-refractivity contribution is 7.89. The van der Waals surface area contributed by atoms with Crippen molar-refractivity contribution in [1.29, 1.82) is 0 Å². The number of sulfonamides is 1. The minimum atomic E-state index is -4.17. The maximum Gasteiger partial charge on any atom is 0.246 e. The van der Waals surface area contributed by atoms with Crippen LogP contribution in [0.25, 0.3) is 0 Å². The monoisotopic (exact) mass is 380 g/mol. The molecule has 0 saturated heterocycles. The van der Waals surface area contributed by atoms with Gasteiger partial charge in [-0.05, 0) is 46.7 Å². The lowest BCUT2D eigenvalue weighted by molar-refractivity contribution is 0.393. The number of nitrogens with zero attached hydrogens (tertiary/aromatic N) is 2. The summed E-state index contributed by atoms with van der Waals surface area (Å²) in [5.74, 6) is -1.94. The van der Waals surface area contributed by atoms with Crippen molar-refractivity contribution >= 4 is 21.4 Å². The molecule has 0 aliphatic rings. The molecule has 0 aliphatic carbocycles. The standard InChI is InChI=1S/C17H14F2N2O2S2/c18-14-4-5-17(16(19)9-14)25(22,23)21(10-13-6-8-24-12-13)11-15-3-1-2-7-20-15/h1-9,12H,10-11H2. The number of thiophene rings is 1. The smallest absolute Gasteiger partial charge is 0.246 e. The molecular formula is C17H14F2N2O2S2. The second-order valence-corrected chi connectivity index (χ2v) is 7.99. The van der Waals surface area contributed by atoms with Gasteiger partial charge in [0.2, 0.25) is 10.0 Å². The highest BCUT2D eigenvalue weighted by atomic mass is 32.2. The molecule has 0 fully saturated rings. The fourth-order valence-corrected chi connectivity index (χ4v) is 4.41. The Hall–Kier alpha value is -2.16. The quantitative estimate of drug-likeness (QED) is 0.653. The van der Waals surface area contributed by atoms with E-state index in [-0.39, 0.29) is 13.1 Å². The average molecular weight is 380 g/mol. The number of hydrogen-bond donors (Lipinski definition) is 0. The summed E-state index contributed by atoms with van der Waals surface area (Å²) >= 11 is 1.44. The molecule has 1 aromatic carbocycles. The molecule has 3 rings (SSSR count). The lowest BCUT2D eigenvalue weighted by Crippen LogP contribution is -2.31. The van der Waals surface area contributed by atoms with Gasteiger partial charge in [-0.1, -0.05) is 6.07 Å². The third-order valence-corrected chi connectivity index (χ3v) is 6.07. The predicted molar refractivity (Wildman–Crippen MR) is 91.3 cm³/mol. The summed E-state index contributed by atoms with van der Waals surface area (Å²) in [6.45, 7) is 0.0507. The van der Waals surface area contributed by atoms with Crippen molar-refractivity contribution in [1.82, 2.24) is 9.29 Å². The third-order valence-electron chi connectivity index (χ3n) is 3.52. The SMILES string of the molecule is O=S(=O)(c1ccc(F)cc1F)N(Cc1ccsc1)Cc1ccccn1. The summed E-state index contributed by atoms with van der Waals surface area (Å²) in [4.78, 5) is 3.58. The summed E-state index contributed by atoms with van der Waals surface area (Å²) in [6, 6.07) is 9.40. The van der Waals surface area contributed by atoms with Crippen LogP contribution in [0.2, 0.25) is 0 Å². The largest absolute Gasteiger partial charge is 0.260 e. The van der Waals surface area contributed by atoms with E-state index in [1.165, 1.54) is 11.3 Å². The molecule has 4 nitrogen and oxygen atoms in total. The van der Waals surface area contributed by atoms with Crippen LogP contribution < -0.4 is 0 Å². The summed E-state index contributed by atoms with van der Waals surface area (Å²) in [6.07, 6.45) is 1.56. The minimum absolute atomic E-state index is 0.0180. The van der Waals surface area contributed by atoms with Gasteiger partial charge >= 0.3 is 0 Å². The molecule has 0 atom stereocenters. The Morgan fingerprint density at radius 3 is 2.56 bits per heavy atom. The van der Waals surface area contributed by atoms with Crippen LogP contribution in [0.1, 0.15) is 11.3 Å². The van der Waals surface area contributed by atoms with Crippen molar-refractivity contribution in [3.05, 3.63) is 82.3 Å². The molecule has 25 heavy (non-hydrogen) atoms. The first kappa shape index (κ1) is 17.7. The third kappa shape index (κ3) is 4.09. The van der Waals surface area contributed by atoms with Gasteiger partial charge in [-0.3, -0.25) is 4.98 Å². The predicted octanol–water partition coefficient (Wildman–Crippen LogP) is 3.81. The van der Waals surface area contributed by atoms with E-state index >= 15 is 0 Å². The Labute approximate surface area is 148 Å². The van der Waals surface area contributed by atoms with Crippen molar-refractivity contribution in [3.63, 3.8) is 0 Å². The highest BCUT2D eigenvalue weighted by Crippen LogP contribution is 2.24. The van der Waals surface area contributed by atoms with E-state index in [2.05, 4.69) is 4.98 Å². The molecule has 130 valence electrons. The minimum Gasteiger partial charge on any atom is -0.260 e. The first-order valence-corrected chi connectivity index (χ1v) is 9.71. The molecule has 8 heteroatoms. The normalized spacial score (nSPS) is 11.8. The molecule has 2 aromatic heterocycles. The van der Waals surface area contributed by atoms with E-state index in [0.29, 0.717) is 11.8 Å². The van der Waals surface area contributed by atoms with Gasteiger partial charge in [0.1, 0.15) is 16.5 Å². The van der Waals surface area contributed by atoms with E-state index in [9.17, 15) is 17.2 Å². The van der Waals surface area contributed by atoms with Gasteiger partial charge in [0.05, 0.1) is 12.2 Å². The van der Waals surface area contributed by atoms with Gasteiger partial charge in [-0.2, -0.15) is 15.6 Å². The van der Waals surface area contributed by atoms with Crippen molar-refractivity contribution in [3.8, 4) is 0 Å². The van der Waals surface area contributed by atoms with E-state index in [1.807, 2.05) is 10.8 Å². The van der Waals surface area contributed by atoms with Crippen LogP contribution in [0.3, 0.4) is 0 Å². The zero-order valence-electron chi connectivity index (χ0n) is 13.0. The van der Waals surface area contributed by atoms with Crippen molar-refractivity contribution in [2.75, 3.05) is 0 Å². The second kappa shape index (κ2) is 7.38. The summed E-state index contributed by atoms with van der Waals surface area (Å²) in [7, 11) is -4.17. The molecule has 3 aromatic rings. The number of benzene rings is 1. The lowest BCUT2D eigenvalue weighted by atomic mass is 10.3. The second-order valence-electron chi connectivity index (χ2n) is 5.30. The van der Waals surface area contributed by atoms with Crippen molar-refractivity contribution in [2.24, 2.45) is 0 Å². The van der Waals surface area contributed by atoms with E-state index < -0.39 is 26.6 Å². The fourth-order valence-electron chi connectivity index (χ4n) is 2.31. The van der Waals surface area contributed by atoms with Crippen LogP contribution in [0.5, 0.6) is 0 Å².